The lowest BCUT2D eigenvalue weighted by molar-refractivity contribution is 0.503. The van der Waals surface area contributed by atoms with Crippen LogP contribution in [-0.4, -0.2) is 0 Å². The van der Waals surface area contributed by atoms with Gasteiger partial charge in [-0.1, -0.05) is 19.9 Å². The lowest BCUT2D eigenvalue weighted by Gasteiger charge is -1.98. The predicted molar refractivity (Wildman–Crippen MR) is 50.1 cm³/mol. The minimum Gasteiger partial charge on any atom is -0.204 e. The maximum absolute atomic E-state index is 12.6. The maximum Gasteiger partial charge on any atom is 0.173 e. The fourth-order valence-electron chi connectivity index (χ4n) is 0.622. The molecule has 1 rings (SSSR count). The third kappa shape index (κ3) is 2.55. The van der Waals surface area contributed by atoms with Crippen LogP contribution in [0.25, 0.3) is 0 Å². The van der Waals surface area contributed by atoms with E-state index in [0.717, 1.165) is 6.07 Å². The van der Waals surface area contributed by atoms with E-state index in [2.05, 4.69) is 15.9 Å². The van der Waals surface area contributed by atoms with Gasteiger partial charge in [0.05, 0.1) is 4.47 Å². The Morgan fingerprint density at radius 3 is 2.08 bits per heavy atom. The topological polar surface area (TPSA) is 0 Å². The number of rotatable bonds is 0. The molecule has 1 aromatic carbocycles. The van der Waals surface area contributed by atoms with Crippen LogP contribution < -0.4 is 0 Å². The third-order valence-corrected chi connectivity index (χ3v) is 2.20. The summed E-state index contributed by atoms with van der Waals surface area (Å²) in [5.41, 5.74) is 0.693. The van der Waals surface area contributed by atoms with Crippen LogP contribution in [0.15, 0.2) is 16.6 Å². The van der Waals surface area contributed by atoms with Crippen molar-refractivity contribution in [3.63, 3.8) is 0 Å². The minimum atomic E-state index is -0.822. The molecule has 0 aliphatic carbocycles. The van der Waals surface area contributed by atoms with Gasteiger partial charge >= 0.3 is 0 Å². The summed E-state index contributed by atoms with van der Waals surface area (Å²) in [6.07, 6.45) is 0. The average Bonchev–Trinajstić information content (AvgIpc) is 2.12. The quantitative estimate of drug-likeness (QED) is 0.597. The summed E-state index contributed by atoms with van der Waals surface area (Å²) in [5.74, 6) is -1.64. The second-order valence-electron chi connectivity index (χ2n) is 1.99. The first-order valence-corrected chi connectivity index (χ1v) is 4.52. The van der Waals surface area contributed by atoms with Gasteiger partial charge in [0.1, 0.15) is 0 Å². The van der Waals surface area contributed by atoms with E-state index in [1.54, 1.807) is 6.92 Å². The van der Waals surface area contributed by atoms with Crippen molar-refractivity contribution in [3.8, 4) is 0 Å². The van der Waals surface area contributed by atoms with Gasteiger partial charge in [-0.2, -0.15) is 0 Å². The van der Waals surface area contributed by atoms with Gasteiger partial charge in [0.15, 0.2) is 11.6 Å². The summed E-state index contributed by atoms with van der Waals surface area (Å²) in [6.45, 7) is 5.70. The molecule has 0 amide bonds. The maximum atomic E-state index is 12.6. The number of hydrogen-bond donors (Lipinski definition) is 0. The van der Waals surface area contributed by atoms with E-state index in [-0.39, 0.29) is 4.47 Å². The summed E-state index contributed by atoms with van der Waals surface area (Å²) in [6, 6.07) is 2.62. The van der Waals surface area contributed by atoms with Gasteiger partial charge in [0.2, 0.25) is 0 Å². The van der Waals surface area contributed by atoms with Crippen molar-refractivity contribution in [1.82, 2.24) is 0 Å². The van der Waals surface area contributed by atoms with Crippen LogP contribution in [0, 0.1) is 18.6 Å². The highest BCUT2D eigenvalue weighted by Crippen LogP contribution is 2.21. The molecule has 0 spiro atoms. The molecule has 3 heteroatoms. The molecule has 0 nitrogen and oxygen atoms in total. The number of halogens is 3. The molecule has 0 fully saturated rings. The Kier molecular flexibility index (Phi) is 5.06. The Morgan fingerprint density at radius 1 is 1.17 bits per heavy atom. The van der Waals surface area contributed by atoms with Crippen molar-refractivity contribution in [1.29, 1.82) is 0 Å². The molecular formula is C9H11BrF2. The van der Waals surface area contributed by atoms with Gasteiger partial charge in [-0.3, -0.25) is 0 Å². The van der Waals surface area contributed by atoms with Crippen molar-refractivity contribution >= 4 is 15.9 Å². The van der Waals surface area contributed by atoms with Gasteiger partial charge in [-0.15, -0.1) is 0 Å². The molecule has 0 unspecified atom stereocenters. The molecule has 1 aromatic rings. The second kappa shape index (κ2) is 5.25. The average molecular weight is 237 g/mol. The Balaban J connectivity index is 0.000000561. The summed E-state index contributed by atoms with van der Waals surface area (Å²) >= 11 is 2.91. The highest BCUT2D eigenvalue weighted by Gasteiger charge is 2.06. The van der Waals surface area contributed by atoms with Gasteiger partial charge < -0.3 is 0 Å². The molecule has 0 radical (unpaired) electrons. The summed E-state index contributed by atoms with van der Waals surface area (Å²) in [5, 5.41) is 0. The first-order chi connectivity index (χ1) is 5.63. The van der Waals surface area contributed by atoms with Gasteiger partial charge in [-0.05, 0) is 34.5 Å². The first kappa shape index (κ1) is 11.6. The van der Waals surface area contributed by atoms with Crippen LogP contribution in [-0.2, 0) is 0 Å². The molecule has 0 saturated carbocycles. The molecule has 0 saturated heterocycles. The van der Waals surface area contributed by atoms with E-state index in [4.69, 9.17) is 0 Å². The van der Waals surface area contributed by atoms with E-state index >= 15 is 0 Å². The molecule has 0 aromatic heterocycles. The zero-order chi connectivity index (χ0) is 9.72. The van der Waals surface area contributed by atoms with Crippen LogP contribution in [0.2, 0.25) is 0 Å². The zero-order valence-corrected chi connectivity index (χ0v) is 8.87. The second-order valence-corrected chi connectivity index (χ2v) is 2.79. The fourth-order valence-corrected chi connectivity index (χ4v) is 0.944. The molecular weight excluding hydrogens is 226 g/mol. The lowest BCUT2D eigenvalue weighted by Crippen LogP contribution is -1.87. The molecule has 0 N–H and O–H groups in total. The first-order valence-electron chi connectivity index (χ1n) is 3.73. The number of hydrogen-bond acceptors (Lipinski definition) is 0. The van der Waals surface area contributed by atoms with Crippen molar-refractivity contribution in [2.75, 3.05) is 0 Å². The van der Waals surface area contributed by atoms with Crippen LogP contribution >= 0.6 is 15.9 Å². The van der Waals surface area contributed by atoms with Gasteiger partial charge in [-0.25, -0.2) is 8.78 Å². The molecule has 0 bridgehead atoms. The molecule has 68 valence electrons. The minimum absolute atomic E-state index is 0.201. The largest absolute Gasteiger partial charge is 0.204 e. The van der Waals surface area contributed by atoms with Crippen molar-refractivity contribution in [2.45, 2.75) is 20.8 Å². The fraction of sp³-hybridized carbons (Fsp3) is 0.333. The Bertz CT molecular complexity index is 232. The standard InChI is InChI=1S/C7H5BrF2.C2H6/c1-4-2-3-5(9)7(10)6(4)8;1-2/h2-3H,1H3;1-2H3. The summed E-state index contributed by atoms with van der Waals surface area (Å²) in [4.78, 5) is 0. The third-order valence-electron chi connectivity index (χ3n) is 1.23. The van der Waals surface area contributed by atoms with Crippen LogP contribution in [0.4, 0.5) is 8.78 Å². The number of aryl methyl sites for hydroxylation is 1. The Hall–Kier alpha value is -0.440. The molecule has 0 aliphatic heterocycles. The smallest absolute Gasteiger partial charge is 0.173 e. The van der Waals surface area contributed by atoms with E-state index < -0.39 is 11.6 Å². The van der Waals surface area contributed by atoms with Gasteiger partial charge in [0.25, 0.3) is 0 Å². The SMILES string of the molecule is CC.Cc1ccc(F)c(F)c1Br. The van der Waals surface area contributed by atoms with Crippen molar-refractivity contribution in [3.05, 3.63) is 33.8 Å². The monoisotopic (exact) mass is 236 g/mol. The van der Waals surface area contributed by atoms with E-state index in [9.17, 15) is 8.78 Å². The highest BCUT2D eigenvalue weighted by molar-refractivity contribution is 9.10. The highest BCUT2D eigenvalue weighted by atomic mass is 79.9. The summed E-state index contributed by atoms with van der Waals surface area (Å²) < 4.78 is 25.1. The van der Waals surface area contributed by atoms with E-state index in [0.29, 0.717) is 5.56 Å². The Morgan fingerprint density at radius 2 is 1.67 bits per heavy atom. The zero-order valence-electron chi connectivity index (χ0n) is 7.29. The van der Waals surface area contributed by atoms with Crippen molar-refractivity contribution in [2.24, 2.45) is 0 Å². The molecule has 0 atom stereocenters. The van der Waals surface area contributed by atoms with Crippen molar-refractivity contribution < 1.29 is 8.78 Å². The number of benzene rings is 1. The van der Waals surface area contributed by atoms with E-state index in [1.807, 2.05) is 13.8 Å². The lowest BCUT2D eigenvalue weighted by atomic mass is 10.2. The normalized spacial score (nSPS) is 8.83. The van der Waals surface area contributed by atoms with Crippen LogP contribution in [0.3, 0.4) is 0 Å². The molecule has 0 heterocycles. The molecule has 12 heavy (non-hydrogen) atoms. The predicted octanol–water partition coefficient (Wildman–Crippen LogP) is 4.06. The summed E-state index contributed by atoms with van der Waals surface area (Å²) in [7, 11) is 0. The van der Waals surface area contributed by atoms with Crippen LogP contribution in [0.1, 0.15) is 19.4 Å². The molecule has 0 aliphatic rings. The van der Waals surface area contributed by atoms with Crippen LogP contribution in [0.5, 0.6) is 0 Å². The van der Waals surface area contributed by atoms with E-state index in [1.165, 1.54) is 6.07 Å². The van der Waals surface area contributed by atoms with Gasteiger partial charge in [0, 0.05) is 0 Å². The Labute approximate surface area is 79.7 Å².